The Morgan fingerprint density at radius 3 is 2.50 bits per heavy atom. The molecule has 0 aromatic heterocycles. The number of amides is 1. The van der Waals surface area contributed by atoms with E-state index in [1.165, 1.54) is 30.5 Å². The molecule has 3 rings (SSSR count). The number of carbonyl (C=O) groups is 1. The second-order valence-corrected chi connectivity index (χ2v) is 10.2. The number of hydrogen-bond acceptors (Lipinski definition) is 4. The minimum absolute atomic E-state index is 0.175. The summed E-state index contributed by atoms with van der Waals surface area (Å²) in [5, 5.41) is 3.32. The van der Waals surface area contributed by atoms with Gasteiger partial charge in [-0.15, -0.1) is 0 Å². The number of carbonyl (C=O) groups excluding carboxylic acids is 1. The standard InChI is InChI=1S/C21H25Cl2N3O3S/c1-30(28,29)26(20-12-18(22)7-8-19(20)23)15-21(27)24-13-16-5-4-6-17(11-16)14-25-9-2-3-10-25/h4-8,11-12H,2-3,9-10,13-15H2,1H3,(H,24,27). The minimum atomic E-state index is -3.73. The molecular formula is C21H25Cl2N3O3S. The molecule has 1 heterocycles. The molecule has 1 aliphatic heterocycles. The molecular weight excluding hydrogens is 445 g/mol. The lowest BCUT2D eigenvalue weighted by molar-refractivity contribution is -0.119. The Hall–Kier alpha value is -1.80. The average Bonchev–Trinajstić information content (AvgIpc) is 3.19. The zero-order chi connectivity index (χ0) is 21.7. The van der Waals surface area contributed by atoms with Crippen LogP contribution in [-0.4, -0.2) is 45.1 Å². The van der Waals surface area contributed by atoms with E-state index >= 15 is 0 Å². The monoisotopic (exact) mass is 469 g/mol. The molecule has 1 aliphatic rings. The van der Waals surface area contributed by atoms with Crippen LogP contribution in [-0.2, 0) is 27.9 Å². The van der Waals surface area contributed by atoms with Crippen LogP contribution in [0.4, 0.5) is 5.69 Å². The van der Waals surface area contributed by atoms with Crippen molar-refractivity contribution in [2.24, 2.45) is 0 Å². The lowest BCUT2D eigenvalue weighted by Gasteiger charge is -2.23. The van der Waals surface area contributed by atoms with Gasteiger partial charge in [0.1, 0.15) is 6.54 Å². The van der Waals surface area contributed by atoms with Crippen molar-refractivity contribution >= 4 is 44.8 Å². The number of hydrogen-bond donors (Lipinski definition) is 1. The maximum atomic E-state index is 12.5. The number of likely N-dealkylation sites (tertiary alicyclic amines) is 1. The van der Waals surface area contributed by atoms with Crippen LogP contribution in [0.15, 0.2) is 42.5 Å². The molecule has 6 nitrogen and oxygen atoms in total. The maximum Gasteiger partial charge on any atom is 0.241 e. The van der Waals surface area contributed by atoms with Crippen molar-refractivity contribution in [3.63, 3.8) is 0 Å². The molecule has 30 heavy (non-hydrogen) atoms. The first-order valence-corrected chi connectivity index (χ1v) is 12.3. The van der Waals surface area contributed by atoms with Crippen molar-refractivity contribution < 1.29 is 13.2 Å². The molecule has 0 bridgehead atoms. The van der Waals surface area contributed by atoms with Gasteiger partial charge in [-0.25, -0.2) is 8.42 Å². The maximum absolute atomic E-state index is 12.5. The van der Waals surface area contributed by atoms with E-state index in [4.69, 9.17) is 23.2 Å². The van der Waals surface area contributed by atoms with Gasteiger partial charge in [0, 0.05) is 18.1 Å². The summed E-state index contributed by atoms with van der Waals surface area (Å²) < 4.78 is 25.5. The Morgan fingerprint density at radius 1 is 1.10 bits per heavy atom. The van der Waals surface area contributed by atoms with E-state index in [0.29, 0.717) is 11.6 Å². The molecule has 0 spiro atoms. The molecule has 1 N–H and O–H groups in total. The summed E-state index contributed by atoms with van der Waals surface area (Å²) in [6.07, 6.45) is 3.51. The molecule has 2 aromatic carbocycles. The van der Waals surface area contributed by atoms with Gasteiger partial charge in [0.2, 0.25) is 15.9 Å². The number of nitrogens with one attached hydrogen (secondary N) is 1. The van der Waals surface area contributed by atoms with Crippen molar-refractivity contribution in [1.82, 2.24) is 10.2 Å². The smallest absolute Gasteiger partial charge is 0.241 e. The van der Waals surface area contributed by atoms with Gasteiger partial charge < -0.3 is 5.32 Å². The molecule has 9 heteroatoms. The van der Waals surface area contributed by atoms with Crippen LogP contribution in [0, 0.1) is 0 Å². The van der Waals surface area contributed by atoms with Crippen LogP contribution in [0.25, 0.3) is 0 Å². The van der Waals surface area contributed by atoms with Gasteiger partial charge in [-0.3, -0.25) is 14.0 Å². The third kappa shape index (κ3) is 6.35. The average molecular weight is 470 g/mol. The summed E-state index contributed by atoms with van der Waals surface area (Å²) in [5.74, 6) is -0.429. The predicted molar refractivity (Wildman–Crippen MR) is 121 cm³/mol. The topological polar surface area (TPSA) is 69.7 Å². The van der Waals surface area contributed by atoms with Crippen LogP contribution < -0.4 is 9.62 Å². The van der Waals surface area contributed by atoms with E-state index in [9.17, 15) is 13.2 Å². The van der Waals surface area contributed by atoms with Crippen LogP contribution in [0.3, 0.4) is 0 Å². The summed E-state index contributed by atoms with van der Waals surface area (Å²) in [4.78, 5) is 14.9. The van der Waals surface area contributed by atoms with Crippen LogP contribution >= 0.6 is 23.2 Å². The number of halogens is 2. The van der Waals surface area contributed by atoms with Gasteiger partial charge in [0.15, 0.2) is 0 Å². The normalized spacial score (nSPS) is 14.6. The zero-order valence-electron chi connectivity index (χ0n) is 16.8. The van der Waals surface area contributed by atoms with E-state index in [1.807, 2.05) is 12.1 Å². The fraction of sp³-hybridized carbons (Fsp3) is 0.381. The molecule has 1 saturated heterocycles. The predicted octanol–water partition coefficient (Wildman–Crippen LogP) is 3.67. The summed E-state index contributed by atoms with van der Waals surface area (Å²) in [7, 11) is -3.73. The molecule has 162 valence electrons. The molecule has 0 saturated carbocycles. The summed E-state index contributed by atoms with van der Waals surface area (Å²) in [5.41, 5.74) is 2.34. The molecule has 0 radical (unpaired) electrons. The first-order chi connectivity index (χ1) is 14.2. The van der Waals surface area contributed by atoms with E-state index < -0.39 is 15.9 Å². The fourth-order valence-electron chi connectivity index (χ4n) is 3.48. The second kappa shape index (κ2) is 10.0. The number of sulfonamides is 1. The van der Waals surface area contributed by atoms with E-state index in [-0.39, 0.29) is 17.3 Å². The molecule has 0 aliphatic carbocycles. The highest BCUT2D eigenvalue weighted by Crippen LogP contribution is 2.30. The quantitative estimate of drug-likeness (QED) is 0.639. The SMILES string of the molecule is CS(=O)(=O)N(CC(=O)NCc1cccc(CN2CCCC2)c1)c1cc(Cl)ccc1Cl. The highest BCUT2D eigenvalue weighted by atomic mass is 35.5. The highest BCUT2D eigenvalue weighted by Gasteiger charge is 2.23. The fourth-order valence-corrected chi connectivity index (χ4v) is 4.78. The zero-order valence-corrected chi connectivity index (χ0v) is 19.1. The van der Waals surface area contributed by atoms with Crippen molar-refractivity contribution in [3.05, 3.63) is 63.6 Å². The second-order valence-electron chi connectivity index (χ2n) is 7.45. The van der Waals surface area contributed by atoms with E-state index in [2.05, 4.69) is 22.3 Å². The summed E-state index contributed by atoms with van der Waals surface area (Å²) >= 11 is 12.1. The Labute approximate surface area is 187 Å². The molecule has 0 unspecified atom stereocenters. The minimum Gasteiger partial charge on any atom is -0.350 e. The number of nitrogens with zero attached hydrogens (tertiary/aromatic N) is 2. The van der Waals surface area contributed by atoms with Gasteiger partial charge >= 0.3 is 0 Å². The summed E-state index contributed by atoms with van der Waals surface area (Å²) in [6.45, 7) is 3.07. The molecule has 0 atom stereocenters. The number of rotatable bonds is 8. The van der Waals surface area contributed by atoms with Crippen LogP contribution in [0.2, 0.25) is 10.0 Å². The summed E-state index contributed by atoms with van der Waals surface area (Å²) in [6, 6.07) is 12.6. The van der Waals surface area contributed by atoms with Crippen molar-refractivity contribution in [2.75, 3.05) is 30.2 Å². The van der Waals surface area contributed by atoms with E-state index in [0.717, 1.165) is 35.8 Å². The third-order valence-electron chi connectivity index (χ3n) is 4.95. The first kappa shape index (κ1) is 22.9. The Morgan fingerprint density at radius 2 is 1.80 bits per heavy atom. The van der Waals surface area contributed by atoms with Gasteiger partial charge in [-0.05, 0) is 55.3 Å². The number of anilines is 1. The number of benzene rings is 2. The molecule has 1 amide bonds. The molecule has 1 fully saturated rings. The first-order valence-electron chi connectivity index (χ1n) is 9.72. The Balaban J connectivity index is 1.64. The lowest BCUT2D eigenvalue weighted by Crippen LogP contribution is -2.40. The van der Waals surface area contributed by atoms with E-state index in [1.54, 1.807) is 6.07 Å². The Kier molecular flexibility index (Phi) is 7.63. The van der Waals surface area contributed by atoms with Crippen LogP contribution in [0.1, 0.15) is 24.0 Å². The van der Waals surface area contributed by atoms with Gasteiger partial charge in [-0.2, -0.15) is 0 Å². The van der Waals surface area contributed by atoms with Gasteiger partial charge in [0.05, 0.1) is 17.0 Å². The molecule has 2 aromatic rings. The highest BCUT2D eigenvalue weighted by molar-refractivity contribution is 7.92. The Bertz CT molecular complexity index is 1010. The largest absolute Gasteiger partial charge is 0.350 e. The van der Waals surface area contributed by atoms with Crippen LogP contribution in [0.5, 0.6) is 0 Å². The van der Waals surface area contributed by atoms with Crippen molar-refractivity contribution in [3.8, 4) is 0 Å². The van der Waals surface area contributed by atoms with Gasteiger partial charge in [0.25, 0.3) is 0 Å². The van der Waals surface area contributed by atoms with Crippen molar-refractivity contribution in [1.29, 1.82) is 0 Å². The van der Waals surface area contributed by atoms with Crippen molar-refractivity contribution in [2.45, 2.75) is 25.9 Å². The van der Waals surface area contributed by atoms with Gasteiger partial charge in [-0.1, -0.05) is 47.5 Å². The lowest BCUT2D eigenvalue weighted by atomic mass is 10.1. The third-order valence-corrected chi connectivity index (χ3v) is 6.63.